The molecular formula is C48H62FO13. The van der Waals surface area contributed by atoms with Crippen molar-refractivity contribution >= 4 is 35.8 Å². The van der Waals surface area contributed by atoms with Crippen molar-refractivity contribution in [2.24, 2.45) is 11.3 Å². The monoisotopic (exact) mass is 865 g/mol. The fraction of sp³-hybridized carbons (Fsp3) is 0.521. The van der Waals surface area contributed by atoms with Gasteiger partial charge in [-0.3, -0.25) is 0 Å². The van der Waals surface area contributed by atoms with Crippen LogP contribution in [-0.4, -0.2) is 83.1 Å². The number of esters is 6. The van der Waals surface area contributed by atoms with Crippen LogP contribution in [0.2, 0.25) is 0 Å². The summed E-state index contributed by atoms with van der Waals surface area (Å²) in [6.07, 6.45) is 10.8. The molecule has 1 saturated carbocycles. The minimum absolute atomic E-state index is 0.0244. The molecule has 0 aromatic heterocycles. The minimum atomic E-state index is -1.73. The fourth-order valence-corrected chi connectivity index (χ4v) is 7.06. The molecule has 14 heteroatoms. The molecule has 2 aromatic rings. The Morgan fingerprint density at radius 3 is 1.77 bits per heavy atom. The van der Waals surface area contributed by atoms with Crippen molar-refractivity contribution in [3.63, 3.8) is 0 Å². The summed E-state index contributed by atoms with van der Waals surface area (Å²) in [6, 6.07) is 9.00. The van der Waals surface area contributed by atoms with Crippen molar-refractivity contribution in [2.45, 2.75) is 105 Å². The van der Waals surface area contributed by atoms with E-state index >= 15 is 4.39 Å². The second-order valence-corrected chi connectivity index (χ2v) is 15.9. The Kier molecular flexibility index (Phi) is 20.8. The van der Waals surface area contributed by atoms with Crippen LogP contribution in [0.1, 0.15) is 109 Å². The first kappa shape index (κ1) is 50.8. The van der Waals surface area contributed by atoms with Crippen LogP contribution in [0, 0.1) is 23.1 Å². The standard InChI is InChI=1S/C48H62FO13/c1-9-11-12-15-33-17-19-34(20-18-33)35-21-22-38(40(49)25-35)39-24-37(16-13-23-58-42(50)31(3)4)41(26-36(39)14-10-2)59-27-48(28-60-43(51)32(5)6,29-61-46(54)44(52)56-7)30-62-47(55)45(53)57-8/h21-22,24-26,33H,3,5,9-20,23,27-30H2,1-2,4,6-8H3. The smallest absolute Gasteiger partial charge is 0.417 e. The highest BCUT2D eigenvalue weighted by Gasteiger charge is 2.39. The third-order valence-corrected chi connectivity index (χ3v) is 10.7. The highest BCUT2D eigenvalue weighted by molar-refractivity contribution is 6.30. The van der Waals surface area contributed by atoms with E-state index in [2.05, 4.69) is 29.6 Å². The lowest BCUT2D eigenvalue weighted by Gasteiger charge is -2.32. The maximum atomic E-state index is 16.4. The van der Waals surface area contributed by atoms with Gasteiger partial charge in [0.05, 0.1) is 20.8 Å². The van der Waals surface area contributed by atoms with E-state index in [1.165, 1.54) is 45.4 Å². The molecule has 0 unspecified atom stereocenters. The van der Waals surface area contributed by atoms with E-state index in [9.17, 15) is 28.8 Å². The Morgan fingerprint density at radius 1 is 0.661 bits per heavy atom. The van der Waals surface area contributed by atoms with Crippen LogP contribution in [0.4, 0.5) is 4.39 Å². The zero-order chi connectivity index (χ0) is 45.8. The molecule has 339 valence electrons. The van der Waals surface area contributed by atoms with E-state index in [-0.39, 0.29) is 30.0 Å². The SMILES string of the molecule is C=C(C)C(=O)OCCCc1cc(-c2ccc([C]3CCC(CCCCC)CC3)cc2F)c(CCC)cc1OCC(COC(=O)C(=C)C)(COC(=O)C(=O)OC)COC(=O)C(=O)OC. The van der Waals surface area contributed by atoms with Gasteiger partial charge in [-0.2, -0.15) is 0 Å². The van der Waals surface area contributed by atoms with Crippen molar-refractivity contribution in [2.75, 3.05) is 47.3 Å². The normalized spacial score (nSPS) is 13.1. The van der Waals surface area contributed by atoms with Gasteiger partial charge in [-0.1, -0.05) is 71.2 Å². The summed E-state index contributed by atoms with van der Waals surface area (Å²) >= 11 is 0. The van der Waals surface area contributed by atoms with Crippen LogP contribution in [0.5, 0.6) is 5.75 Å². The first-order valence-corrected chi connectivity index (χ1v) is 21.2. The summed E-state index contributed by atoms with van der Waals surface area (Å²) in [4.78, 5) is 73.8. The van der Waals surface area contributed by atoms with Gasteiger partial charge in [-0.05, 0) is 105 Å². The van der Waals surface area contributed by atoms with Crippen LogP contribution in [-0.2, 0) is 70.0 Å². The molecule has 0 N–H and O–H groups in total. The number of hydrogen-bond acceptors (Lipinski definition) is 13. The summed E-state index contributed by atoms with van der Waals surface area (Å²) in [5, 5.41) is 0. The van der Waals surface area contributed by atoms with E-state index < -0.39 is 67.7 Å². The van der Waals surface area contributed by atoms with Gasteiger partial charge in [0, 0.05) is 22.6 Å². The number of aryl methyl sites for hydroxylation is 2. The molecule has 1 radical (unpaired) electrons. The van der Waals surface area contributed by atoms with Gasteiger partial charge in [-0.15, -0.1) is 0 Å². The van der Waals surface area contributed by atoms with Crippen molar-refractivity contribution in [1.82, 2.24) is 0 Å². The molecule has 0 amide bonds. The van der Waals surface area contributed by atoms with Crippen LogP contribution in [0.25, 0.3) is 11.1 Å². The number of rotatable bonds is 23. The van der Waals surface area contributed by atoms with Crippen LogP contribution in [0.3, 0.4) is 0 Å². The van der Waals surface area contributed by atoms with E-state index in [1.54, 1.807) is 12.1 Å². The molecule has 13 nitrogen and oxygen atoms in total. The molecule has 0 aliphatic heterocycles. The van der Waals surface area contributed by atoms with Crippen molar-refractivity contribution in [1.29, 1.82) is 0 Å². The second-order valence-electron chi connectivity index (χ2n) is 15.9. The molecular weight excluding hydrogens is 804 g/mol. The average Bonchev–Trinajstić information content (AvgIpc) is 3.26. The number of unbranched alkanes of at least 4 members (excludes halogenated alkanes) is 2. The van der Waals surface area contributed by atoms with E-state index in [0.717, 1.165) is 51.0 Å². The summed E-state index contributed by atoms with van der Waals surface area (Å²) in [6.45, 7) is 11.8. The zero-order valence-corrected chi connectivity index (χ0v) is 37.1. The second kappa shape index (κ2) is 25.4. The number of carbonyl (C=O) groups excluding carboxylic acids is 6. The Hall–Kier alpha value is -5.53. The predicted molar refractivity (Wildman–Crippen MR) is 228 cm³/mol. The first-order chi connectivity index (χ1) is 29.6. The molecule has 3 rings (SSSR count). The van der Waals surface area contributed by atoms with Gasteiger partial charge in [0.25, 0.3) is 0 Å². The predicted octanol–water partition coefficient (Wildman–Crippen LogP) is 8.11. The van der Waals surface area contributed by atoms with Crippen molar-refractivity contribution in [3.8, 4) is 16.9 Å². The molecule has 0 saturated heterocycles. The number of ether oxygens (including phenoxy) is 7. The lowest BCUT2D eigenvalue weighted by Crippen LogP contribution is -2.45. The summed E-state index contributed by atoms with van der Waals surface area (Å²) < 4.78 is 53.0. The van der Waals surface area contributed by atoms with Gasteiger partial charge in [0.1, 0.15) is 43.4 Å². The van der Waals surface area contributed by atoms with Gasteiger partial charge in [0.15, 0.2) is 0 Å². The average molecular weight is 866 g/mol. The van der Waals surface area contributed by atoms with E-state index in [4.69, 9.17) is 23.7 Å². The number of benzene rings is 2. The maximum Gasteiger partial charge on any atom is 0.417 e. The third-order valence-electron chi connectivity index (χ3n) is 10.7. The van der Waals surface area contributed by atoms with Gasteiger partial charge < -0.3 is 33.2 Å². The molecule has 0 atom stereocenters. The molecule has 1 aliphatic rings. The summed E-state index contributed by atoms with van der Waals surface area (Å²) in [7, 11) is 1.96. The summed E-state index contributed by atoms with van der Waals surface area (Å²) in [5.74, 6) is -4.96. The van der Waals surface area contributed by atoms with Gasteiger partial charge in [-0.25, -0.2) is 33.2 Å². The van der Waals surface area contributed by atoms with Crippen molar-refractivity contribution in [3.05, 3.63) is 83.1 Å². The number of methoxy groups -OCH3 is 2. The molecule has 0 spiro atoms. The molecule has 62 heavy (non-hydrogen) atoms. The lowest BCUT2D eigenvalue weighted by molar-refractivity contribution is -0.177. The van der Waals surface area contributed by atoms with Crippen molar-refractivity contribution < 1.29 is 66.3 Å². The topological polar surface area (TPSA) is 167 Å². The molecule has 2 aromatic carbocycles. The quantitative estimate of drug-likeness (QED) is 0.0346. The third kappa shape index (κ3) is 15.4. The Morgan fingerprint density at radius 2 is 1.24 bits per heavy atom. The first-order valence-electron chi connectivity index (χ1n) is 21.2. The van der Waals surface area contributed by atoms with Crippen LogP contribution < -0.4 is 4.74 Å². The fourth-order valence-electron chi connectivity index (χ4n) is 7.06. The summed E-state index contributed by atoms with van der Waals surface area (Å²) in [5.41, 5.74) is 1.81. The highest BCUT2D eigenvalue weighted by atomic mass is 19.1. The highest BCUT2D eigenvalue weighted by Crippen LogP contribution is 2.40. The Bertz CT molecular complexity index is 1880. The Balaban J connectivity index is 2.08. The lowest BCUT2D eigenvalue weighted by atomic mass is 9.76. The van der Waals surface area contributed by atoms with Gasteiger partial charge in [0.2, 0.25) is 0 Å². The van der Waals surface area contributed by atoms with Crippen LogP contribution >= 0.6 is 0 Å². The molecule has 0 bridgehead atoms. The molecule has 1 fully saturated rings. The van der Waals surface area contributed by atoms with E-state index in [0.29, 0.717) is 47.6 Å². The number of hydrogen-bond donors (Lipinski definition) is 0. The van der Waals surface area contributed by atoms with E-state index in [1.807, 2.05) is 25.1 Å². The largest absolute Gasteiger partial charge is 0.492 e. The Labute approximate surface area is 364 Å². The van der Waals surface area contributed by atoms with Crippen LogP contribution in [0.15, 0.2) is 54.6 Å². The molecule has 1 aliphatic carbocycles. The number of halogens is 1. The number of carbonyl (C=O) groups is 6. The zero-order valence-electron chi connectivity index (χ0n) is 37.1. The minimum Gasteiger partial charge on any atom is -0.492 e. The van der Waals surface area contributed by atoms with Gasteiger partial charge >= 0.3 is 35.8 Å². The molecule has 0 heterocycles. The maximum absolute atomic E-state index is 16.4.